The lowest BCUT2D eigenvalue weighted by Crippen LogP contribution is -2.53. The average Bonchev–Trinajstić information content (AvgIpc) is 2.38. The summed E-state index contributed by atoms with van der Waals surface area (Å²) in [4.78, 5) is 23.3. The molecule has 0 aliphatic rings. The minimum atomic E-state index is -1.38. The van der Waals surface area contributed by atoms with Crippen molar-refractivity contribution in [2.45, 2.75) is 32.2 Å². The Morgan fingerprint density at radius 3 is 2.26 bits per heavy atom. The minimum absolute atomic E-state index is 0.160. The van der Waals surface area contributed by atoms with E-state index in [0.717, 1.165) is 0 Å². The van der Waals surface area contributed by atoms with Crippen molar-refractivity contribution >= 4 is 11.9 Å². The fraction of sp³-hybridized carbons (Fsp3) is 0.385. The lowest BCUT2D eigenvalue weighted by molar-refractivity contribution is -0.144. The Kier molecular flexibility index (Phi) is 4.37. The van der Waals surface area contributed by atoms with Crippen molar-refractivity contribution in [3.05, 3.63) is 23.8 Å². The molecule has 1 aromatic carbocycles. The van der Waals surface area contributed by atoms with Crippen molar-refractivity contribution in [2.24, 2.45) is 0 Å². The van der Waals surface area contributed by atoms with Crippen LogP contribution < -0.4 is 5.32 Å². The van der Waals surface area contributed by atoms with Gasteiger partial charge in [0.2, 0.25) is 0 Å². The Morgan fingerprint density at radius 1 is 1.21 bits per heavy atom. The molecule has 6 nitrogen and oxygen atoms in total. The van der Waals surface area contributed by atoms with Crippen LogP contribution in [-0.2, 0) is 4.79 Å². The van der Waals surface area contributed by atoms with E-state index in [1.165, 1.54) is 18.2 Å². The number of carboxylic acid groups (broad SMARTS) is 1. The van der Waals surface area contributed by atoms with Crippen molar-refractivity contribution < 1.29 is 24.9 Å². The lowest BCUT2D eigenvalue weighted by atomic mass is 9.92. The fourth-order valence-corrected chi connectivity index (χ4v) is 1.78. The van der Waals surface area contributed by atoms with Crippen LogP contribution in [0.5, 0.6) is 11.5 Å². The number of amides is 1. The number of benzene rings is 1. The highest BCUT2D eigenvalue weighted by Crippen LogP contribution is 2.28. The number of carbonyl (C=O) groups excluding carboxylic acids is 1. The second kappa shape index (κ2) is 5.60. The number of carbonyl (C=O) groups is 2. The fourth-order valence-electron chi connectivity index (χ4n) is 1.78. The van der Waals surface area contributed by atoms with E-state index in [0.29, 0.717) is 0 Å². The molecular weight excluding hydrogens is 250 g/mol. The molecule has 0 heterocycles. The maximum absolute atomic E-state index is 12.0. The number of para-hydroxylation sites is 1. The molecule has 0 unspecified atom stereocenters. The first-order valence-corrected chi connectivity index (χ1v) is 5.94. The van der Waals surface area contributed by atoms with E-state index in [1.54, 1.807) is 13.8 Å². The SMILES string of the molecule is CCC(CC)(NC(=O)c1cccc(O)c1O)C(=O)O. The lowest BCUT2D eigenvalue weighted by Gasteiger charge is -2.28. The number of carboxylic acids is 1. The molecule has 6 heteroatoms. The van der Waals surface area contributed by atoms with E-state index in [4.69, 9.17) is 0 Å². The Hall–Kier alpha value is -2.24. The van der Waals surface area contributed by atoms with Gasteiger partial charge in [-0.05, 0) is 25.0 Å². The van der Waals surface area contributed by atoms with Crippen LogP contribution >= 0.6 is 0 Å². The number of rotatable bonds is 5. The summed E-state index contributed by atoms with van der Waals surface area (Å²) in [6, 6.07) is 3.93. The molecule has 19 heavy (non-hydrogen) atoms. The molecule has 0 aliphatic heterocycles. The first-order chi connectivity index (χ1) is 8.88. The molecule has 0 bridgehead atoms. The van der Waals surface area contributed by atoms with Gasteiger partial charge >= 0.3 is 5.97 Å². The van der Waals surface area contributed by atoms with Gasteiger partial charge in [-0.15, -0.1) is 0 Å². The summed E-state index contributed by atoms with van der Waals surface area (Å²) in [7, 11) is 0. The Bertz CT molecular complexity index is 494. The first kappa shape index (κ1) is 14.8. The maximum Gasteiger partial charge on any atom is 0.329 e. The quantitative estimate of drug-likeness (QED) is 0.604. The minimum Gasteiger partial charge on any atom is -0.504 e. The predicted molar refractivity (Wildman–Crippen MR) is 68.2 cm³/mol. The van der Waals surface area contributed by atoms with Crippen LogP contribution in [0.1, 0.15) is 37.0 Å². The van der Waals surface area contributed by atoms with Crippen LogP contribution in [0, 0.1) is 0 Å². The van der Waals surface area contributed by atoms with Gasteiger partial charge in [0.05, 0.1) is 5.56 Å². The van der Waals surface area contributed by atoms with Crippen LogP contribution in [0.3, 0.4) is 0 Å². The zero-order chi connectivity index (χ0) is 14.6. The van der Waals surface area contributed by atoms with Crippen molar-refractivity contribution in [1.29, 1.82) is 0 Å². The number of aliphatic carboxylic acids is 1. The summed E-state index contributed by atoms with van der Waals surface area (Å²) in [5, 5.41) is 30.5. The highest BCUT2D eigenvalue weighted by atomic mass is 16.4. The number of hydrogen-bond acceptors (Lipinski definition) is 4. The molecule has 1 rings (SSSR count). The molecule has 1 amide bonds. The van der Waals surface area contributed by atoms with Crippen LogP contribution in [0.15, 0.2) is 18.2 Å². The summed E-state index contributed by atoms with van der Waals surface area (Å²) in [5.41, 5.74) is -1.54. The monoisotopic (exact) mass is 267 g/mol. The van der Waals surface area contributed by atoms with Crippen molar-refractivity contribution in [3.63, 3.8) is 0 Å². The zero-order valence-electron chi connectivity index (χ0n) is 10.8. The van der Waals surface area contributed by atoms with Gasteiger partial charge in [0.25, 0.3) is 5.91 Å². The molecule has 0 radical (unpaired) electrons. The number of aromatic hydroxyl groups is 2. The Balaban J connectivity index is 3.08. The highest BCUT2D eigenvalue weighted by Gasteiger charge is 2.37. The van der Waals surface area contributed by atoms with Crippen molar-refractivity contribution in [2.75, 3.05) is 0 Å². The largest absolute Gasteiger partial charge is 0.504 e. The summed E-state index contributed by atoms with van der Waals surface area (Å²) >= 11 is 0. The Morgan fingerprint density at radius 2 is 1.79 bits per heavy atom. The van der Waals surface area contributed by atoms with Crippen LogP contribution in [-0.4, -0.2) is 32.7 Å². The van der Waals surface area contributed by atoms with Gasteiger partial charge in [-0.2, -0.15) is 0 Å². The average molecular weight is 267 g/mol. The van der Waals surface area contributed by atoms with Crippen LogP contribution in [0.2, 0.25) is 0 Å². The first-order valence-electron chi connectivity index (χ1n) is 5.94. The van der Waals surface area contributed by atoms with E-state index >= 15 is 0 Å². The normalized spacial score (nSPS) is 11.1. The van der Waals surface area contributed by atoms with Gasteiger partial charge in [-0.3, -0.25) is 4.79 Å². The third-order valence-electron chi connectivity index (χ3n) is 3.23. The molecule has 0 aromatic heterocycles. The van der Waals surface area contributed by atoms with Gasteiger partial charge in [-0.25, -0.2) is 4.79 Å². The van der Waals surface area contributed by atoms with Gasteiger partial charge < -0.3 is 20.6 Å². The van der Waals surface area contributed by atoms with Gasteiger partial charge in [0.1, 0.15) is 5.54 Å². The molecule has 1 aromatic rings. The molecule has 0 fully saturated rings. The molecule has 0 saturated heterocycles. The topological polar surface area (TPSA) is 107 Å². The second-order valence-electron chi connectivity index (χ2n) is 4.22. The third-order valence-corrected chi connectivity index (χ3v) is 3.23. The van der Waals surface area contributed by atoms with Gasteiger partial charge in [-0.1, -0.05) is 19.9 Å². The summed E-state index contributed by atoms with van der Waals surface area (Å²) in [5.74, 6) is -2.86. The van der Waals surface area contributed by atoms with Gasteiger partial charge in [0.15, 0.2) is 11.5 Å². The Labute approximate surface area is 110 Å². The summed E-state index contributed by atoms with van der Waals surface area (Å²) in [6.07, 6.45) is 0.425. The van der Waals surface area contributed by atoms with Crippen molar-refractivity contribution in [1.82, 2.24) is 5.32 Å². The molecule has 4 N–H and O–H groups in total. The van der Waals surface area contributed by atoms with Crippen LogP contribution in [0.4, 0.5) is 0 Å². The van der Waals surface area contributed by atoms with Crippen LogP contribution in [0.25, 0.3) is 0 Å². The highest BCUT2D eigenvalue weighted by molar-refractivity contribution is 6.00. The van der Waals surface area contributed by atoms with E-state index in [-0.39, 0.29) is 18.4 Å². The number of nitrogens with one attached hydrogen (secondary N) is 1. The predicted octanol–water partition coefficient (Wildman–Crippen LogP) is 1.47. The van der Waals surface area contributed by atoms with E-state index in [1.807, 2.05) is 0 Å². The molecule has 0 atom stereocenters. The zero-order valence-corrected chi connectivity index (χ0v) is 10.8. The molecule has 0 spiro atoms. The standard InChI is InChI=1S/C13H17NO5/c1-3-13(4-2,12(18)19)14-11(17)8-6-5-7-9(15)10(8)16/h5-7,15-16H,3-4H2,1-2H3,(H,14,17)(H,18,19). The van der Waals surface area contributed by atoms with E-state index < -0.39 is 28.9 Å². The summed E-state index contributed by atoms with van der Waals surface area (Å²) < 4.78 is 0. The maximum atomic E-state index is 12.0. The van der Waals surface area contributed by atoms with Gasteiger partial charge in [0, 0.05) is 0 Å². The number of hydrogen-bond donors (Lipinski definition) is 4. The molecular formula is C13H17NO5. The van der Waals surface area contributed by atoms with E-state index in [2.05, 4.69) is 5.32 Å². The molecule has 104 valence electrons. The summed E-state index contributed by atoms with van der Waals surface area (Å²) in [6.45, 7) is 3.31. The molecule has 0 saturated carbocycles. The third kappa shape index (κ3) is 2.78. The number of phenolic OH excluding ortho intramolecular Hbond substituents is 2. The second-order valence-corrected chi connectivity index (χ2v) is 4.22. The number of phenols is 2. The molecule has 0 aliphatic carbocycles. The van der Waals surface area contributed by atoms with Crippen molar-refractivity contribution in [3.8, 4) is 11.5 Å². The van der Waals surface area contributed by atoms with E-state index in [9.17, 15) is 24.9 Å². The smallest absolute Gasteiger partial charge is 0.329 e.